The van der Waals surface area contributed by atoms with Crippen LogP contribution in [0.4, 0.5) is 0 Å². The Hall–Kier alpha value is -1.59. The van der Waals surface area contributed by atoms with Crippen molar-refractivity contribution in [1.29, 1.82) is 0 Å². The van der Waals surface area contributed by atoms with Crippen molar-refractivity contribution in [3.05, 3.63) is 41.7 Å². The molecule has 1 aliphatic rings. The molecule has 4 nitrogen and oxygen atoms in total. The standard InChI is InChI=1S/C18H22N2O2S/c1-13-11-14(2)20-18(19-13)23-17-8-6-15(7-9-17)22-12-16-5-3-4-10-21-16/h6-9,11,16H,3-5,10,12H2,1-2H3. The number of benzene rings is 1. The van der Waals surface area contributed by atoms with E-state index in [0.717, 1.165) is 40.2 Å². The van der Waals surface area contributed by atoms with E-state index in [0.29, 0.717) is 6.61 Å². The van der Waals surface area contributed by atoms with Gasteiger partial charge in [0.15, 0.2) is 5.16 Å². The average Bonchev–Trinajstić information content (AvgIpc) is 2.54. The molecule has 0 saturated carbocycles. The summed E-state index contributed by atoms with van der Waals surface area (Å²) < 4.78 is 11.5. The Kier molecular flexibility index (Phi) is 5.51. The first-order chi connectivity index (χ1) is 11.2. The van der Waals surface area contributed by atoms with Gasteiger partial charge in [0.25, 0.3) is 0 Å². The number of hydrogen-bond donors (Lipinski definition) is 0. The van der Waals surface area contributed by atoms with Crippen LogP contribution in [0, 0.1) is 13.8 Å². The molecule has 0 aliphatic carbocycles. The minimum atomic E-state index is 0.237. The van der Waals surface area contributed by atoms with E-state index < -0.39 is 0 Å². The summed E-state index contributed by atoms with van der Waals surface area (Å²) in [6.45, 7) is 5.47. The van der Waals surface area contributed by atoms with Gasteiger partial charge in [0.2, 0.25) is 0 Å². The predicted octanol–water partition coefficient (Wildman–Crippen LogP) is 4.19. The van der Waals surface area contributed by atoms with Gasteiger partial charge in [-0.1, -0.05) is 0 Å². The van der Waals surface area contributed by atoms with Crippen LogP contribution in [0.1, 0.15) is 30.7 Å². The molecule has 5 heteroatoms. The second kappa shape index (κ2) is 7.79. The molecule has 2 aromatic rings. The third-order valence-corrected chi connectivity index (χ3v) is 4.58. The Balaban J connectivity index is 1.56. The Labute approximate surface area is 141 Å². The number of hydrogen-bond acceptors (Lipinski definition) is 5. The summed E-state index contributed by atoms with van der Waals surface area (Å²) in [7, 11) is 0. The van der Waals surface area contributed by atoms with Crippen molar-refractivity contribution in [2.75, 3.05) is 13.2 Å². The lowest BCUT2D eigenvalue weighted by molar-refractivity contribution is -0.0110. The molecule has 1 atom stereocenters. The molecular formula is C18H22N2O2S. The number of aryl methyl sites for hydroxylation is 2. The fourth-order valence-corrected chi connectivity index (χ4v) is 3.44. The van der Waals surface area contributed by atoms with Crippen molar-refractivity contribution in [2.24, 2.45) is 0 Å². The lowest BCUT2D eigenvalue weighted by Gasteiger charge is -2.22. The van der Waals surface area contributed by atoms with Crippen LogP contribution in [0.2, 0.25) is 0 Å². The van der Waals surface area contributed by atoms with Gasteiger partial charge < -0.3 is 9.47 Å². The molecule has 1 saturated heterocycles. The first-order valence-electron chi connectivity index (χ1n) is 8.04. The predicted molar refractivity (Wildman–Crippen MR) is 91.2 cm³/mol. The molecule has 0 amide bonds. The molecule has 1 aliphatic heterocycles. The zero-order valence-corrected chi connectivity index (χ0v) is 14.4. The molecule has 0 N–H and O–H groups in total. The van der Waals surface area contributed by atoms with Gasteiger partial charge in [-0.2, -0.15) is 0 Å². The first-order valence-corrected chi connectivity index (χ1v) is 8.85. The molecule has 3 rings (SSSR count). The van der Waals surface area contributed by atoms with Gasteiger partial charge in [-0.15, -0.1) is 0 Å². The van der Waals surface area contributed by atoms with Crippen molar-refractivity contribution in [3.63, 3.8) is 0 Å². The summed E-state index contributed by atoms with van der Waals surface area (Å²) in [6, 6.07) is 10.1. The summed E-state index contributed by atoms with van der Waals surface area (Å²) in [5.74, 6) is 0.880. The first kappa shape index (κ1) is 16.3. The van der Waals surface area contributed by atoms with E-state index in [-0.39, 0.29) is 6.10 Å². The highest BCUT2D eigenvalue weighted by atomic mass is 32.2. The van der Waals surface area contributed by atoms with Crippen molar-refractivity contribution in [1.82, 2.24) is 9.97 Å². The minimum absolute atomic E-state index is 0.237. The minimum Gasteiger partial charge on any atom is -0.491 e. The van der Waals surface area contributed by atoms with E-state index in [1.165, 1.54) is 12.8 Å². The van der Waals surface area contributed by atoms with E-state index in [1.807, 2.05) is 44.2 Å². The van der Waals surface area contributed by atoms with Gasteiger partial charge in [0.1, 0.15) is 12.4 Å². The van der Waals surface area contributed by atoms with Crippen LogP contribution in [0.15, 0.2) is 40.4 Å². The smallest absolute Gasteiger partial charge is 0.192 e. The fraction of sp³-hybridized carbons (Fsp3) is 0.444. The highest BCUT2D eigenvalue weighted by Gasteiger charge is 2.14. The van der Waals surface area contributed by atoms with Crippen molar-refractivity contribution in [3.8, 4) is 5.75 Å². The number of ether oxygens (including phenoxy) is 2. The molecule has 0 radical (unpaired) electrons. The van der Waals surface area contributed by atoms with Gasteiger partial charge in [-0.05, 0) is 75.2 Å². The van der Waals surface area contributed by atoms with Gasteiger partial charge in [-0.3, -0.25) is 0 Å². The van der Waals surface area contributed by atoms with Crippen molar-refractivity contribution < 1.29 is 9.47 Å². The summed E-state index contributed by atoms with van der Waals surface area (Å²) in [5.41, 5.74) is 1.99. The van der Waals surface area contributed by atoms with Gasteiger partial charge in [0.05, 0.1) is 6.10 Å². The second-order valence-corrected chi connectivity index (χ2v) is 6.85. The monoisotopic (exact) mass is 330 g/mol. The van der Waals surface area contributed by atoms with Crippen LogP contribution >= 0.6 is 11.8 Å². The van der Waals surface area contributed by atoms with Crippen LogP contribution in [-0.2, 0) is 4.74 Å². The normalized spacial score (nSPS) is 17.9. The topological polar surface area (TPSA) is 44.2 Å². The SMILES string of the molecule is Cc1cc(C)nc(Sc2ccc(OCC3CCCCO3)cc2)n1. The van der Waals surface area contributed by atoms with Crippen molar-refractivity contribution in [2.45, 2.75) is 49.3 Å². The van der Waals surface area contributed by atoms with E-state index in [9.17, 15) is 0 Å². The van der Waals surface area contributed by atoms with Crippen LogP contribution in [-0.4, -0.2) is 29.3 Å². The summed E-state index contributed by atoms with van der Waals surface area (Å²) >= 11 is 1.57. The van der Waals surface area contributed by atoms with E-state index >= 15 is 0 Å². The molecule has 23 heavy (non-hydrogen) atoms. The Morgan fingerprint density at radius 2 is 1.87 bits per heavy atom. The summed E-state index contributed by atoms with van der Waals surface area (Å²) in [5, 5.41) is 0.784. The summed E-state index contributed by atoms with van der Waals surface area (Å²) in [6.07, 6.45) is 3.74. The summed E-state index contributed by atoms with van der Waals surface area (Å²) in [4.78, 5) is 10.0. The molecule has 0 spiro atoms. The third-order valence-electron chi connectivity index (χ3n) is 3.70. The maximum absolute atomic E-state index is 5.82. The number of rotatable bonds is 5. The molecule has 2 heterocycles. The Morgan fingerprint density at radius 3 is 2.52 bits per heavy atom. The lowest BCUT2D eigenvalue weighted by Crippen LogP contribution is -2.25. The zero-order valence-electron chi connectivity index (χ0n) is 13.6. The van der Waals surface area contributed by atoms with E-state index in [4.69, 9.17) is 9.47 Å². The number of aromatic nitrogens is 2. The van der Waals surface area contributed by atoms with E-state index in [2.05, 4.69) is 9.97 Å². The molecule has 122 valence electrons. The fourth-order valence-electron chi connectivity index (χ4n) is 2.58. The van der Waals surface area contributed by atoms with Crippen molar-refractivity contribution >= 4 is 11.8 Å². The maximum Gasteiger partial charge on any atom is 0.192 e. The third kappa shape index (κ3) is 4.94. The molecular weight excluding hydrogens is 308 g/mol. The quantitative estimate of drug-likeness (QED) is 0.769. The molecule has 0 bridgehead atoms. The van der Waals surface area contributed by atoms with Crippen LogP contribution in [0.5, 0.6) is 5.75 Å². The van der Waals surface area contributed by atoms with Gasteiger partial charge >= 0.3 is 0 Å². The molecule has 1 unspecified atom stereocenters. The second-order valence-electron chi connectivity index (χ2n) is 5.81. The highest BCUT2D eigenvalue weighted by molar-refractivity contribution is 7.99. The van der Waals surface area contributed by atoms with Gasteiger partial charge in [0, 0.05) is 22.9 Å². The Morgan fingerprint density at radius 1 is 1.13 bits per heavy atom. The molecule has 1 aromatic heterocycles. The highest BCUT2D eigenvalue weighted by Crippen LogP contribution is 2.27. The average molecular weight is 330 g/mol. The zero-order chi connectivity index (χ0) is 16.1. The molecule has 1 aromatic carbocycles. The molecule has 1 fully saturated rings. The number of nitrogens with zero attached hydrogens (tertiary/aromatic N) is 2. The maximum atomic E-state index is 5.82. The van der Waals surface area contributed by atoms with Crippen LogP contribution in [0.25, 0.3) is 0 Å². The largest absolute Gasteiger partial charge is 0.491 e. The Bertz CT molecular complexity index is 620. The van der Waals surface area contributed by atoms with Crippen LogP contribution < -0.4 is 4.74 Å². The van der Waals surface area contributed by atoms with E-state index in [1.54, 1.807) is 11.8 Å². The lowest BCUT2D eigenvalue weighted by atomic mass is 10.1. The van der Waals surface area contributed by atoms with Crippen LogP contribution in [0.3, 0.4) is 0 Å². The van der Waals surface area contributed by atoms with Gasteiger partial charge in [-0.25, -0.2) is 9.97 Å².